The van der Waals surface area contributed by atoms with Crippen LogP contribution in [0.2, 0.25) is 0 Å². The van der Waals surface area contributed by atoms with Crippen LogP contribution in [-0.2, 0) is 6.54 Å². The van der Waals surface area contributed by atoms with Gasteiger partial charge in [0.15, 0.2) is 5.82 Å². The van der Waals surface area contributed by atoms with Crippen molar-refractivity contribution in [1.82, 2.24) is 35.4 Å². The number of anilines is 1. The van der Waals surface area contributed by atoms with Crippen LogP contribution in [0.5, 0.6) is 0 Å². The van der Waals surface area contributed by atoms with Crippen molar-refractivity contribution >= 4 is 12.0 Å². The molecule has 9 heteroatoms. The van der Waals surface area contributed by atoms with Crippen LogP contribution in [0.25, 0.3) is 5.82 Å². The van der Waals surface area contributed by atoms with Gasteiger partial charge >= 0.3 is 6.03 Å². The topological polar surface area (TPSA) is 101 Å². The standard InChI is InChI=1S/C19H22N8O/c28-19(23-13-15-5-1-7-20-17(15)27-12-4-10-24-27)25-16-6-2-11-26(14-16)18-21-8-3-9-22-18/h1,3-5,7-10,12,16H,2,6,11,13-14H2,(H2,23,25,28). The molecular weight excluding hydrogens is 356 g/mol. The first-order valence-corrected chi connectivity index (χ1v) is 9.30. The zero-order chi connectivity index (χ0) is 19.2. The molecule has 4 rings (SSSR count). The molecule has 2 N–H and O–H groups in total. The lowest BCUT2D eigenvalue weighted by atomic mass is 10.1. The number of nitrogens with zero attached hydrogens (tertiary/aromatic N) is 6. The third-order valence-electron chi connectivity index (χ3n) is 4.62. The van der Waals surface area contributed by atoms with Crippen LogP contribution in [0.1, 0.15) is 18.4 Å². The van der Waals surface area contributed by atoms with Crippen LogP contribution in [0, 0.1) is 0 Å². The van der Waals surface area contributed by atoms with Gasteiger partial charge in [-0.3, -0.25) is 0 Å². The van der Waals surface area contributed by atoms with Crippen LogP contribution >= 0.6 is 0 Å². The Bertz CT molecular complexity index is 899. The molecule has 4 heterocycles. The molecule has 1 aliphatic heterocycles. The van der Waals surface area contributed by atoms with Crippen LogP contribution in [0.15, 0.2) is 55.2 Å². The van der Waals surface area contributed by atoms with Crippen molar-refractivity contribution in [3.05, 3.63) is 60.8 Å². The Labute approximate surface area is 162 Å². The van der Waals surface area contributed by atoms with Crippen molar-refractivity contribution in [3.8, 4) is 5.82 Å². The molecule has 1 unspecified atom stereocenters. The van der Waals surface area contributed by atoms with Gasteiger partial charge in [-0.2, -0.15) is 5.10 Å². The van der Waals surface area contributed by atoms with Gasteiger partial charge in [0.1, 0.15) is 0 Å². The number of hydrogen-bond acceptors (Lipinski definition) is 6. The van der Waals surface area contributed by atoms with E-state index in [4.69, 9.17) is 0 Å². The van der Waals surface area contributed by atoms with Gasteiger partial charge < -0.3 is 15.5 Å². The summed E-state index contributed by atoms with van der Waals surface area (Å²) in [6.07, 6.45) is 10.6. The summed E-state index contributed by atoms with van der Waals surface area (Å²) in [5, 5.41) is 10.2. The van der Waals surface area contributed by atoms with E-state index in [9.17, 15) is 4.79 Å². The zero-order valence-corrected chi connectivity index (χ0v) is 15.4. The number of rotatable bonds is 5. The molecule has 1 fully saturated rings. The molecule has 9 nitrogen and oxygen atoms in total. The third kappa shape index (κ3) is 4.25. The third-order valence-corrected chi connectivity index (χ3v) is 4.62. The first-order chi connectivity index (χ1) is 13.8. The van der Waals surface area contributed by atoms with Gasteiger partial charge in [0.2, 0.25) is 5.95 Å². The maximum absolute atomic E-state index is 12.4. The SMILES string of the molecule is O=C(NCc1cccnc1-n1cccn1)NC1CCCN(c2ncccn2)C1. The molecular formula is C19H22N8O. The highest BCUT2D eigenvalue weighted by molar-refractivity contribution is 5.74. The van der Waals surface area contributed by atoms with E-state index >= 15 is 0 Å². The Morgan fingerprint density at radius 3 is 2.79 bits per heavy atom. The Hall–Kier alpha value is -3.49. The summed E-state index contributed by atoms with van der Waals surface area (Å²) >= 11 is 0. The lowest BCUT2D eigenvalue weighted by Gasteiger charge is -2.33. The second kappa shape index (κ2) is 8.47. The minimum atomic E-state index is -0.198. The Kier molecular flexibility index (Phi) is 5.41. The minimum Gasteiger partial charge on any atom is -0.339 e. The molecule has 2 amide bonds. The van der Waals surface area contributed by atoms with Crippen molar-refractivity contribution in [2.45, 2.75) is 25.4 Å². The maximum Gasteiger partial charge on any atom is 0.315 e. The molecule has 144 valence electrons. The van der Waals surface area contributed by atoms with Gasteiger partial charge in [-0.25, -0.2) is 24.4 Å². The molecule has 1 aliphatic rings. The first kappa shape index (κ1) is 17.9. The summed E-state index contributed by atoms with van der Waals surface area (Å²) in [6, 6.07) is 7.27. The van der Waals surface area contributed by atoms with Crippen molar-refractivity contribution in [2.24, 2.45) is 0 Å². The van der Waals surface area contributed by atoms with E-state index in [1.165, 1.54) is 0 Å². The highest BCUT2D eigenvalue weighted by atomic mass is 16.2. The Morgan fingerprint density at radius 2 is 1.96 bits per heavy atom. The number of nitrogens with one attached hydrogen (secondary N) is 2. The number of piperidine rings is 1. The molecule has 1 atom stereocenters. The molecule has 3 aromatic heterocycles. The summed E-state index contributed by atoms with van der Waals surface area (Å²) in [4.78, 5) is 27.5. The van der Waals surface area contributed by atoms with Gasteiger partial charge in [-0.1, -0.05) is 6.07 Å². The van der Waals surface area contributed by atoms with Crippen LogP contribution in [0.4, 0.5) is 10.7 Å². The summed E-state index contributed by atoms with van der Waals surface area (Å²) < 4.78 is 1.69. The fourth-order valence-electron chi connectivity index (χ4n) is 3.31. The highest BCUT2D eigenvalue weighted by Crippen LogP contribution is 2.15. The Balaban J connectivity index is 1.33. The van der Waals surface area contributed by atoms with Gasteiger partial charge in [0, 0.05) is 62.2 Å². The van der Waals surface area contributed by atoms with E-state index in [1.54, 1.807) is 35.5 Å². The van der Waals surface area contributed by atoms with E-state index in [0.29, 0.717) is 24.9 Å². The fraction of sp³-hybridized carbons (Fsp3) is 0.316. The van der Waals surface area contributed by atoms with Crippen LogP contribution in [-0.4, -0.2) is 49.9 Å². The predicted molar refractivity (Wildman–Crippen MR) is 104 cm³/mol. The van der Waals surface area contributed by atoms with E-state index in [2.05, 4.69) is 35.6 Å². The van der Waals surface area contributed by atoms with Crippen molar-refractivity contribution < 1.29 is 4.79 Å². The largest absolute Gasteiger partial charge is 0.339 e. The summed E-state index contributed by atoms with van der Waals surface area (Å²) in [7, 11) is 0. The molecule has 3 aromatic rings. The van der Waals surface area contributed by atoms with Crippen molar-refractivity contribution in [1.29, 1.82) is 0 Å². The van der Waals surface area contributed by atoms with Crippen molar-refractivity contribution in [2.75, 3.05) is 18.0 Å². The number of pyridine rings is 1. The van der Waals surface area contributed by atoms with E-state index in [1.807, 2.05) is 24.4 Å². The minimum absolute atomic E-state index is 0.0528. The molecule has 1 saturated heterocycles. The quantitative estimate of drug-likeness (QED) is 0.698. The first-order valence-electron chi connectivity index (χ1n) is 9.30. The molecule has 0 spiro atoms. The van der Waals surface area contributed by atoms with Crippen LogP contribution in [0.3, 0.4) is 0 Å². The molecule has 28 heavy (non-hydrogen) atoms. The average Bonchev–Trinajstić information content (AvgIpc) is 3.28. The fourth-order valence-corrected chi connectivity index (χ4v) is 3.31. The highest BCUT2D eigenvalue weighted by Gasteiger charge is 2.23. The summed E-state index contributed by atoms with van der Waals surface area (Å²) in [5.74, 6) is 1.41. The van der Waals surface area contributed by atoms with E-state index in [0.717, 1.165) is 24.9 Å². The summed E-state index contributed by atoms with van der Waals surface area (Å²) in [5.41, 5.74) is 0.893. The normalized spacial score (nSPS) is 16.6. The smallest absolute Gasteiger partial charge is 0.315 e. The van der Waals surface area contributed by atoms with Gasteiger partial charge in [0.05, 0.1) is 0 Å². The second-order valence-electron chi connectivity index (χ2n) is 6.60. The Morgan fingerprint density at radius 1 is 1.11 bits per heavy atom. The summed E-state index contributed by atoms with van der Waals surface area (Å²) in [6.45, 7) is 1.96. The number of urea groups is 1. The number of carbonyl (C=O) groups is 1. The molecule has 0 aromatic carbocycles. The number of aromatic nitrogens is 5. The average molecular weight is 378 g/mol. The van der Waals surface area contributed by atoms with E-state index in [-0.39, 0.29) is 12.1 Å². The molecule has 0 bridgehead atoms. The van der Waals surface area contributed by atoms with Gasteiger partial charge in [-0.05, 0) is 31.0 Å². The molecule has 0 radical (unpaired) electrons. The monoisotopic (exact) mass is 378 g/mol. The number of carbonyl (C=O) groups excluding carboxylic acids is 1. The lowest BCUT2D eigenvalue weighted by Crippen LogP contribution is -2.50. The van der Waals surface area contributed by atoms with Gasteiger partial charge in [-0.15, -0.1) is 0 Å². The molecule has 0 aliphatic carbocycles. The zero-order valence-electron chi connectivity index (χ0n) is 15.4. The maximum atomic E-state index is 12.4. The van der Waals surface area contributed by atoms with Crippen LogP contribution < -0.4 is 15.5 Å². The number of amides is 2. The lowest BCUT2D eigenvalue weighted by molar-refractivity contribution is 0.234. The van der Waals surface area contributed by atoms with Gasteiger partial charge in [0.25, 0.3) is 0 Å². The second-order valence-corrected chi connectivity index (χ2v) is 6.60. The molecule has 0 saturated carbocycles. The predicted octanol–water partition coefficient (Wildman–Crippen LogP) is 1.53. The number of hydrogen-bond donors (Lipinski definition) is 2. The van der Waals surface area contributed by atoms with E-state index < -0.39 is 0 Å². The van der Waals surface area contributed by atoms with Crippen molar-refractivity contribution in [3.63, 3.8) is 0 Å².